The lowest BCUT2D eigenvalue weighted by Crippen LogP contribution is -2.04. The van der Waals surface area contributed by atoms with Crippen LogP contribution in [0, 0.1) is 0 Å². The fraction of sp³-hybridized carbons (Fsp3) is 0.353. The molecule has 0 aliphatic heterocycles. The van der Waals surface area contributed by atoms with Gasteiger partial charge in [0.1, 0.15) is 5.82 Å². The molecular weight excluding hydrogens is 278 g/mol. The summed E-state index contributed by atoms with van der Waals surface area (Å²) >= 11 is 1.90. The molecule has 3 nitrogen and oxygen atoms in total. The number of benzene rings is 1. The van der Waals surface area contributed by atoms with Crippen molar-refractivity contribution >= 4 is 28.1 Å². The van der Waals surface area contributed by atoms with Gasteiger partial charge in [-0.25, -0.2) is 4.98 Å². The number of imidazole rings is 1. The van der Waals surface area contributed by atoms with Crippen molar-refractivity contribution in [2.24, 2.45) is 0 Å². The van der Waals surface area contributed by atoms with Crippen LogP contribution in [0.2, 0.25) is 0 Å². The summed E-state index contributed by atoms with van der Waals surface area (Å²) in [6, 6.07) is 10.5. The summed E-state index contributed by atoms with van der Waals surface area (Å²) in [5.74, 6) is 1.16. The minimum atomic E-state index is 0.777. The zero-order chi connectivity index (χ0) is 14.8. The lowest BCUT2D eigenvalue weighted by molar-refractivity contribution is 0.728. The first-order valence-corrected chi connectivity index (χ1v) is 8.35. The quantitative estimate of drug-likeness (QED) is 0.716. The highest BCUT2D eigenvalue weighted by molar-refractivity contribution is 7.11. The van der Waals surface area contributed by atoms with Crippen molar-refractivity contribution in [1.82, 2.24) is 9.55 Å². The number of nitrogens with zero attached hydrogens (tertiary/aromatic N) is 2. The number of anilines is 1. The molecule has 21 heavy (non-hydrogen) atoms. The van der Waals surface area contributed by atoms with Gasteiger partial charge in [-0.2, -0.15) is 0 Å². The van der Waals surface area contributed by atoms with Gasteiger partial charge in [0.05, 0.1) is 17.6 Å². The Bertz CT molecular complexity index is 755. The van der Waals surface area contributed by atoms with Crippen LogP contribution < -0.4 is 5.73 Å². The van der Waals surface area contributed by atoms with Crippen LogP contribution >= 0.6 is 11.3 Å². The molecule has 0 fully saturated rings. The maximum absolute atomic E-state index is 5.88. The second kappa shape index (κ2) is 5.90. The zero-order valence-corrected chi connectivity index (χ0v) is 13.4. The van der Waals surface area contributed by atoms with Crippen LogP contribution in [0.15, 0.2) is 30.3 Å². The summed E-state index contributed by atoms with van der Waals surface area (Å²) in [4.78, 5) is 7.60. The number of nitrogens with two attached hydrogens (primary N) is 1. The van der Waals surface area contributed by atoms with Gasteiger partial charge in [0.25, 0.3) is 0 Å². The van der Waals surface area contributed by atoms with Crippen LogP contribution in [0.25, 0.3) is 11.0 Å². The first-order chi connectivity index (χ1) is 10.2. The Morgan fingerprint density at radius 1 is 1.14 bits per heavy atom. The van der Waals surface area contributed by atoms with Crippen LogP contribution in [0.4, 0.5) is 5.69 Å². The Labute approximate surface area is 129 Å². The van der Waals surface area contributed by atoms with Gasteiger partial charge in [0.2, 0.25) is 0 Å². The van der Waals surface area contributed by atoms with E-state index in [9.17, 15) is 0 Å². The van der Waals surface area contributed by atoms with Gasteiger partial charge in [-0.05, 0) is 43.2 Å². The molecule has 110 valence electrons. The van der Waals surface area contributed by atoms with Crippen molar-refractivity contribution in [1.29, 1.82) is 0 Å². The highest BCUT2D eigenvalue weighted by atomic mass is 32.1. The number of aromatic nitrogens is 2. The molecule has 4 heteroatoms. The second-order valence-corrected chi connectivity index (χ2v) is 6.59. The molecule has 0 saturated carbocycles. The van der Waals surface area contributed by atoms with E-state index >= 15 is 0 Å². The Morgan fingerprint density at radius 2 is 1.95 bits per heavy atom. The average Bonchev–Trinajstić information content (AvgIpc) is 3.05. The smallest absolute Gasteiger partial charge is 0.110 e. The van der Waals surface area contributed by atoms with Gasteiger partial charge >= 0.3 is 0 Å². The highest BCUT2D eigenvalue weighted by Crippen LogP contribution is 2.24. The molecule has 0 aliphatic rings. The monoisotopic (exact) mass is 299 g/mol. The van der Waals surface area contributed by atoms with Gasteiger partial charge in [0.15, 0.2) is 0 Å². The van der Waals surface area contributed by atoms with Crippen LogP contribution in [0.1, 0.15) is 35.8 Å². The Hall–Kier alpha value is -1.81. The molecule has 1 aromatic carbocycles. The molecule has 0 atom stereocenters. The maximum Gasteiger partial charge on any atom is 0.110 e. The van der Waals surface area contributed by atoms with E-state index < -0.39 is 0 Å². The van der Waals surface area contributed by atoms with Crippen molar-refractivity contribution in [2.45, 2.75) is 39.7 Å². The van der Waals surface area contributed by atoms with E-state index in [0.717, 1.165) is 42.8 Å². The Kier molecular flexibility index (Phi) is 3.97. The molecule has 2 heterocycles. The number of hydrogen-bond donors (Lipinski definition) is 1. The van der Waals surface area contributed by atoms with E-state index in [-0.39, 0.29) is 0 Å². The van der Waals surface area contributed by atoms with Crippen LogP contribution in [0.3, 0.4) is 0 Å². The maximum atomic E-state index is 5.88. The fourth-order valence-corrected chi connectivity index (χ4v) is 3.59. The number of hydrogen-bond acceptors (Lipinski definition) is 3. The van der Waals surface area contributed by atoms with Crippen molar-refractivity contribution in [3.63, 3.8) is 0 Å². The van der Waals surface area contributed by atoms with E-state index in [4.69, 9.17) is 10.7 Å². The van der Waals surface area contributed by atoms with Crippen molar-refractivity contribution < 1.29 is 0 Å². The molecule has 2 N–H and O–H groups in total. The van der Waals surface area contributed by atoms with Gasteiger partial charge in [-0.3, -0.25) is 0 Å². The predicted molar refractivity (Wildman–Crippen MR) is 90.9 cm³/mol. The normalized spacial score (nSPS) is 11.3. The number of thiophene rings is 1. The molecule has 0 aliphatic carbocycles. The summed E-state index contributed by atoms with van der Waals surface area (Å²) in [6.45, 7) is 5.30. The van der Waals surface area contributed by atoms with Crippen LogP contribution in [-0.4, -0.2) is 9.55 Å². The number of rotatable bonds is 5. The Balaban J connectivity index is 2.03. The standard InChI is InChI=1S/C17H21N3S/c1-3-5-17-19-15-10-12(18)6-9-16(15)20(17)11-14-8-7-13(4-2)21-14/h6-10H,3-5,11,18H2,1-2H3. The summed E-state index contributed by atoms with van der Waals surface area (Å²) in [5, 5.41) is 0. The lowest BCUT2D eigenvalue weighted by atomic mass is 10.3. The minimum absolute atomic E-state index is 0.777. The largest absolute Gasteiger partial charge is 0.399 e. The first kappa shape index (κ1) is 14.1. The molecule has 0 bridgehead atoms. The van der Waals surface area contributed by atoms with E-state index in [1.807, 2.05) is 23.5 Å². The molecule has 0 radical (unpaired) electrons. The van der Waals surface area contributed by atoms with Gasteiger partial charge < -0.3 is 10.3 Å². The van der Waals surface area contributed by atoms with Crippen molar-refractivity contribution in [2.75, 3.05) is 5.73 Å². The molecule has 0 saturated heterocycles. The van der Waals surface area contributed by atoms with E-state index in [1.165, 1.54) is 15.3 Å². The van der Waals surface area contributed by atoms with Crippen LogP contribution in [0.5, 0.6) is 0 Å². The van der Waals surface area contributed by atoms with E-state index in [2.05, 4.69) is 36.6 Å². The fourth-order valence-electron chi connectivity index (χ4n) is 2.64. The SMILES string of the molecule is CCCc1nc2cc(N)ccc2n1Cc1ccc(CC)s1. The molecule has 3 aromatic rings. The third kappa shape index (κ3) is 2.81. The van der Waals surface area contributed by atoms with E-state index in [1.54, 1.807) is 0 Å². The van der Waals surface area contributed by atoms with Crippen molar-refractivity contribution in [3.8, 4) is 0 Å². The molecule has 0 unspecified atom stereocenters. The number of nitrogen functional groups attached to an aromatic ring is 1. The zero-order valence-electron chi connectivity index (χ0n) is 12.6. The number of fused-ring (bicyclic) bond motifs is 1. The summed E-state index contributed by atoms with van der Waals surface area (Å²) in [6.07, 6.45) is 3.21. The second-order valence-electron chi connectivity index (χ2n) is 5.33. The molecular formula is C17H21N3S. The summed E-state index contributed by atoms with van der Waals surface area (Å²) < 4.78 is 2.34. The average molecular weight is 299 g/mol. The first-order valence-electron chi connectivity index (χ1n) is 7.53. The predicted octanol–water partition coefficient (Wildman–Crippen LogP) is 4.24. The summed E-state index contributed by atoms with van der Waals surface area (Å²) in [7, 11) is 0. The third-order valence-corrected chi connectivity index (χ3v) is 4.92. The molecule has 2 aromatic heterocycles. The summed E-state index contributed by atoms with van der Waals surface area (Å²) in [5.41, 5.74) is 8.85. The molecule has 0 amide bonds. The third-order valence-electron chi connectivity index (χ3n) is 3.70. The topological polar surface area (TPSA) is 43.8 Å². The number of aryl methyl sites for hydroxylation is 2. The molecule has 3 rings (SSSR count). The Morgan fingerprint density at radius 3 is 2.67 bits per heavy atom. The van der Waals surface area contributed by atoms with Gasteiger partial charge in [-0.1, -0.05) is 13.8 Å². The minimum Gasteiger partial charge on any atom is -0.399 e. The molecule has 0 spiro atoms. The van der Waals surface area contributed by atoms with E-state index in [0.29, 0.717) is 0 Å². The highest BCUT2D eigenvalue weighted by Gasteiger charge is 2.11. The van der Waals surface area contributed by atoms with Crippen LogP contribution in [-0.2, 0) is 19.4 Å². The van der Waals surface area contributed by atoms with Crippen molar-refractivity contribution in [3.05, 3.63) is 45.9 Å². The van der Waals surface area contributed by atoms with Gasteiger partial charge in [0, 0.05) is 21.9 Å². The van der Waals surface area contributed by atoms with Gasteiger partial charge in [-0.15, -0.1) is 11.3 Å². The lowest BCUT2D eigenvalue weighted by Gasteiger charge is -2.07.